The average Bonchev–Trinajstić information content (AvgIpc) is 3.21. The van der Waals surface area contributed by atoms with E-state index in [1.807, 2.05) is 53.9 Å². The van der Waals surface area contributed by atoms with Crippen LogP contribution in [0.5, 0.6) is 5.75 Å². The number of hydrogen-bond acceptors (Lipinski definition) is 5. The fourth-order valence-corrected chi connectivity index (χ4v) is 3.83. The van der Waals surface area contributed by atoms with Crippen molar-refractivity contribution in [3.63, 3.8) is 0 Å². The maximum atomic E-state index is 12.5. The monoisotopic (exact) mass is 422 g/mol. The molecule has 1 N–H and O–H groups in total. The first-order chi connectivity index (χ1) is 15.1. The van der Waals surface area contributed by atoms with Gasteiger partial charge in [-0.1, -0.05) is 12.1 Å². The molecule has 3 aromatic rings. The van der Waals surface area contributed by atoms with Crippen molar-refractivity contribution < 1.29 is 14.3 Å². The SMILES string of the molecule is Cc1ccn2cc(C(=O)NCc3cccc(OCCN(C)C4CCOCC4)c3)nc2c1. The zero-order valence-electron chi connectivity index (χ0n) is 18.2. The molecule has 1 aliphatic heterocycles. The predicted molar refractivity (Wildman–Crippen MR) is 120 cm³/mol. The highest BCUT2D eigenvalue weighted by atomic mass is 16.5. The van der Waals surface area contributed by atoms with E-state index in [2.05, 4.69) is 22.2 Å². The first kappa shape index (κ1) is 21.3. The van der Waals surface area contributed by atoms with Crippen molar-refractivity contribution in [1.29, 1.82) is 0 Å². The first-order valence-electron chi connectivity index (χ1n) is 10.8. The summed E-state index contributed by atoms with van der Waals surface area (Å²) in [6.07, 6.45) is 5.82. The van der Waals surface area contributed by atoms with Gasteiger partial charge in [0.25, 0.3) is 5.91 Å². The van der Waals surface area contributed by atoms with E-state index in [9.17, 15) is 4.79 Å². The molecule has 4 rings (SSSR count). The smallest absolute Gasteiger partial charge is 0.271 e. The second-order valence-corrected chi connectivity index (χ2v) is 8.10. The molecule has 1 amide bonds. The van der Waals surface area contributed by atoms with Gasteiger partial charge >= 0.3 is 0 Å². The normalized spacial score (nSPS) is 14.8. The standard InChI is InChI=1S/C24H30N4O3/c1-18-6-9-28-17-22(26-23(28)14-18)24(29)25-16-19-4-3-5-21(15-19)31-13-10-27(2)20-7-11-30-12-8-20/h3-6,9,14-15,17,20H,7-8,10-13,16H2,1-2H3,(H,25,29). The highest BCUT2D eigenvalue weighted by Crippen LogP contribution is 2.15. The van der Waals surface area contributed by atoms with Crippen molar-refractivity contribution in [2.75, 3.05) is 33.4 Å². The number of rotatable bonds is 8. The van der Waals surface area contributed by atoms with Gasteiger partial charge in [0.05, 0.1) is 0 Å². The summed E-state index contributed by atoms with van der Waals surface area (Å²) in [5.74, 6) is 0.626. The summed E-state index contributed by atoms with van der Waals surface area (Å²) in [5.41, 5.74) is 3.28. The van der Waals surface area contributed by atoms with Gasteiger partial charge in [-0.15, -0.1) is 0 Å². The van der Waals surface area contributed by atoms with E-state index in [0.29, 0.717) is 24.9 Å². The average molecular weight is 423 g/mol. The van der Waals surface area contributed by atoms with E-state index in [1.165, 1.54) is 0 Å². The van der Waals surface area contributed by atoms with E-state index < -0.39 is 0 Å². The summed E-state index contributed by atoms with van der Waals surface area (Å²) in [6.45, 7) is 5.62. The van der Waals surface area contributed by atoms with Crippen LogP contribution in [0.15, 0.2) is 48.8 Å². The summed E-state index contributed by atoms with van der Waals surface area (Å²) in [6, 6.07) is 12.4. The Kier molecular flexibility index (Phi) is 6.84. The summed E-state index contributed by atoms with van der Waals surface area (Å²) < 4.78 is 13.2. The minimum Gasteiger partial charge on any atom is -0.492 e. The van der Waals surface area contributed by atoms with E-state index >= 15 is 0 Å². The summed E-state index contributed by atoms with van der Waals surface area (Å²) in [5, 5.41) is 2.94. The van der Waals surface area contributed by atoms with Crippen molar-refractivity contribution >= 4 is 11.6 Å². The zero-order chi connectivity index (χ0) is 21.6. The molecule has 7 heteroatoms. The van der Waals surface area contributed by atoms with Crippen LogP contribution in [-0.4, -0.2) is 59.6 Å². The number of benzene rings is 1. The molecule has 0 spiro atoms. The molecular weight excluding hydrogens is 392 g/mol. The van der Waals surface area contributed by atoms with Gasteiger partial charge in [-0.05, 0) is 62.2 Å². The number of fused-ring (bicyclic) bond motifs is 1. The van der Waals surface area contributed by atoms with E-state index in [-0.39, 0.29) is 5.91 Å². The van der Waals surface area contributed by atoms with Gasteiger partial charge in [-0.25, -0.2) is 4.98 Å². The molecule has 1 saturated heterocycles. The van der Waals surface area contributed by atoms with Crippen LogP contribution >= 0.6 is 0 Å². The quantitative estimate of drug-likeness (QED) is 0.604. The van der Waals surface area contributed by atoms with Crippen LogP contribution in [0, 0.1) is 6.92 Å². The number of nitrogens with one attached hydrogen (secondary N) is 1. The van der Waals surface area contributed by atoms with E-state index in [4.69, 9.17) is 9.47 Å². The molecule has 2 aromatic heterocycles. The Labute approximate surface area is 183 Å². The molecule has 1 aliphatic rings. The van der Waals surface area contributed by atoms with Gasteiger partial charge in [0.15, 0.2) is 0 Å². The summed E-state index contributed by atoms with van der Waals surface area (Å²) in [7, 11) is 2.14. The molecule has 0 aliphatic carbocycles. The number of carbonyl (C=O) groups is 1. The fourth-order valence-electron chi connectivity index (χ4n) is 3.83. The lowest BCUT2D eigenvalue weighted by Gasteiger charge is -2.31. The molecule has 3 heterocycles. The van der Waals surface area contributed by atoms with E-state index in [1.54, 1.807) is 6.20 Å². The summed E-state index contributed by atoms with van der Waals surface area (Å²) >= 11 is 0. The van der Waals surface area contributed by atoms with Gasteiger partial charge in [0.2, 0.25) is 0 Å². The third-order valence-electron chi connectivity index (χ3n) is 5.73. The van der Waals surface area contributed by atoms with Gasteiger partial charge in [0, 0.05) is 44.7 Å². The largest absolute Gasteiger partial charge is 0.492 e. The molecule has 1 aromatic carbocycles. The van der Waals surface area contributed by atoms with Gasteiger partial charge in [-0.2, -0.15) is 0 Å². The number of carbonyl (C=O) groups excluding carboxylic acids is 1. The lowest BCUT2D eigenvalue weighted by atomic mass is 10.1. The number of imidazole rings is 1. The minimum absolute atomic E-state index is 0.189. The third-order valence-corrected chi connectivity index (χ3v) is 5.73. The predicted octanol–water partition coefficient (Wildman–Crippen LogP) is 3.06. The molecule has 0 bridgehead atoms. The zero-order valence-corrected chi connectivity index (χ0v) is 18.2. The van der Waals surface area contributed by atoms with Crippen molar-refractivity contribution in [3.05, 3.63) is 65.6 Å². The lowest BCUT2D eigenvalue weighted by Crippen LogP contribution is -2.38. The molecule has 0 unspecified atom stereocenters. The van der Waals surface area contributed by atoms with Crippen LogP contribution in [0.1, 0.15) is 34.5 Å². The second-order valence-electron chi connectivity index (χ2n) is 8.10. The molecule has 0 saturated carbocycles. The minimum atomic E-state index is -0.189. The molecule has 1 fully saturated rings. The molecule has 0 atom stereocenters. The van der Waals surface area contributed by atoms with Crippen molar-refractivity contribution in [2.24, 2.45) is 0 Å². The number of ether oxygens (including phenoxy) is 2. The number of aryl methyl sites for hydroxylation is 1. The van der Waals surface area contributed by atoms with Crippen LogP contribution in [-0.2, 0) is 11.3 Å². The first-order valence-corrected chi connectivity index (χ1v) is 10.8. The summed E-state index contributed by atoms with van der Waals surface area (Å²) in [4.78, 5) is 19.3. The molecule has 164 valence electrons. The van der Waals surface area contributed by atoms with Crippen molar-refractivity contribution in [1.82, 2.24) is 19.6 Å². The lowest BCUT2D eigenvalue weighted by molar-refractivity contribution is 0.0392. The number of aromatic nitrogens is 2. The van der Waals surface area contributed by atoms with Crippen LogP contribution < -0.4 is 10.1 Å². The van der Waals surface area contributed by atoms with Crippen LogP contribution in [0.25, 0.3) is 5.65 Å². The highest BCUT2D eigenvalue weighted by Gasteiger charge is 2.18. The Hall–Kier alpha value is -2.90. The van der Waals surface area contributed by atoms with Crippen LogP contribution in [0.2, 0.25) is 0 Å². The number of pyridine rings is 1. The maximum absolute atomic E-state index is 12.5. The Bertz CT molecular complexity index is 1030. The van der Waals surface area contributed by atoms with Crippen molar-refractivity contribution in [3.8, 4) is 5.75 Å². The number of likely N-dealkylation sites (N-methyl/N-ethyl adjacent to an activating group) is 1. The number of nitrogens with zero attached hydrogens (tertiary/aromatic N) is 3. The topological polar surface area (TPSA) is 68.1 Å². The number of hydrogen-bond donors (Lipinski definition) is 1. The highest BCUT2D eigenvalue weighted by molar-refractivity contribution is 5.92. The third kappa shape index (κ3) is 5.62. The van der Waals surface area contributed by atoms with Crippen molar-refractivity contribution in [2.45, 2.75) is 32.4 Å². The second kappa shape index (κ2) is 9.94. The van der Waals surface area contributed by atoms with Crippen LogP contribution in [0.4, 0.5) is 0 Å². The molecule has 0 radical (unpaired) electrons. The Morgan fingerprint density at radius 3 is 2.97 bits per heavy atom. The van der Waals surface area contributed by atoms with E-state index in [0.717, 1.165) is 55.1 Å². The van der Waals surface area contributed by atoms with Gasteiger partial charge in [0.1, 0.15) is 23.7 Å². The molecular formula is C24H30N4O3. The molecule has 7 nitrogen and oxygen atoms in total. The Balaban J connectivity index is 1.27. The Morgan fingerprint density at radius 1 is 1.29 bits per heavy atom. The fraction of sp³-hybridized carbons (Fsp3) is 0.417. The Morgan fingerprint density at radius 2 is 2.13 bits per heavy atom. The van der Waals surface area contributed by atoms with Crippen LogP contribution in [0.3, 0.4) is 0 Å². The maximum Gasteiger partial charge on any atom is 0.271 e. The van der Waals surface area contributed by atoms with Gasteiger partial charge < -0.3 is 19.2 Å². The number of amides is 1. The van der Waals surface area contributed by atoms with Gasteiger partial charge in [-0.3, -0.25) is 9.69 Å². The molecule has 31 heavy (non-hydrogen) atoms.